The quantitative estimate of drug-likeness (QED) is 0.726. The second-order valence-corrected chi connectivity index (χ2v) is 6.99. The van der Waals surface area contributed by atoms with E-state index in [-0.39, 0.29) is 11.4 Å². The molecule has 6 nitrogen and oxygen atoms in total. The molecule has 0 aliphatic heterocycles. The summed E-state index contributed by atoms with van der Waals surface area (Å²) in [6.07, 6.45) is 5.27. The highest BCUT2D eigenvalue weighted by atomic mass is 35.5. The molecule has 0 fully saturated rings. The molecule has 0 aliphatic carbocycles. The molecule has 8 heteroatoms. The van der Waals surface area contributed by atoms with E-state index in [2.05, 4.69) is 10.1 Å². The predicted molar refractivity (Wildman–Crippen MR) is 80.5 cm³/mol. The smallest absolute Gasteiger partial charge is 0.246 e. The monoisotopic (exact) mass is 328 g/mol. The van der Waals surface area contributed by atoms with Crippen LogP contribution in [0.25, 0.3) is 0 Å². The third kappa shape index (κ3) is 4.03. The Bertz CT molecular complexity index is 672. The average molecular weight is 329 g/mol. The lowest BCUT2D eigenvalue weighted by molar-refractivity contribution is 0.462. The topological polar surface area (TPSA) is 68.1 Å². The van der Waals surface area contributed by atoms with Gasteiger partial charge in [-0.1, -0.05) is 6.07 Å². The number of pyridine rings is 1. The van der Waals surface area contributed by atoms with Gasteiger partial charge in [0.2, 0.25) is 10.0 Å². The minimum atomic E-state index is -3.56. The van der Waals surface area contributed by atoms with Crippen LogP contribution in [-0.4, -0.2) is 40.4 Å². The zero-order chi connectivity index (χ0) is 15.3. The van der Waals surface area contributed by atoms with Crippen molar-refractivity contribution < 1.29 is 8.42 Å². The summed E-state index contributed by atoms with van der Waals surface area (Å²) < 4.78 is 27.7. The van der Waals surface area contributed by atoms with Gasteiger partial charge in [-0.05, 0) is 18.6 Å². The molecule has 0 amide bonds. The zero-order valence-electron chi connectivity index (χ0n) is 11.7. The number of aromatic nitrogens is 3. The van der Waals surface area contributed by atoms with Crippen LogP contribution in [0.4, 0.5) is 0 Å². The molecule has 0 saturated heterocycles. The normalized spacial score (nSPS) is 12.0. The Hall–Kier alpha value is -1.44. The summed E-state index contributed by atoms with van der Waals surface area (Å²) in [6, 6.07) is 5.40. The molecule has 2 aromatic heterocycles. The molecule has 0 atom stereocenters. The molecule has 0 saturated carbocycles. The van der Waals surface area contributed by atoms with Crippen molar-refractivity contribution in [3.63, 3.8) is 0 Å². The summed E-state index contributed by atoms with van der Waals surface area (Å²) >= 11 is 5.61. The Morgan fingerprint density at radius 1 is 1.38 bits per heavy atom. The van der Waals surface area contributed by atoms with E-state index in [9.17, 15) is 8.42 Å². The van der Waals surface area contributed by atoms with Crippen LogP contribution in [0.5, 0.6) is 0 Å². The molecule has 21 heavy (non-hydrogen) atoms. The minimum absolute atomic E-state index is 0.176. The highest BCUT2D eigenvalue weighted by molar-refractivity contribution is 7.89. The van der Waals surface area contributed by atoms with Gasteiger partial charge >= 0.3 is 0 Å². The van der Waals surface area contributed by atoms with Crippen LogP contribution in [0.3, 0.4) is 0 Å². The van der Waals surface area contributed by atoms with Crippen LogP contribution >= 0.6 is 11.6 Å². The molecule has 0 aliphatic rings. The molecule has 114 valence electrons. The Labute approximate surface area is 129 Å². The summed E-state index contributed by atoms with van der Waals surface area (Å²) in [6.45, 7) is 0.818. The molecule has 0 aromatic carbocycles. The van der Waals surface area contributed by atoms with Crippen LogP contribution in [0.15, 0.2) is 41.7 Å². The van der Waals surface area contributed by atoms with Gasteiger partial charge in [-0.15, -0.1) is 11.6 Å². The molecule has 2 aromatic rings. The summed E-state index contributed by atoms with van der Waals surface area (Å²) in [5.74, 6) is 0.515. The number of aryl methyl sites for hydroxylation is 1. The van der Waals surface area contributed by atoms with E-state index < -0.39 is 10.0 Å². The maximum absolute atomic E-state index is 12.4. The maximum Gasteiger partial charge on any atom is 0.246 e. The van der Waals surface area contributed by atoms with Crippen LogP contribution in [0.1, 0.15) is 12.1 Å². The first-order chi connectivity index (χ1) is 10.0. The fraction of sp³-hybridized carbons (Fsp3) is 0.385. The van der Waals surface area contributed by atoms with Crippen molar-refractivity contribution in [2.24, 2.45) is 0 Å². The number of rotatable bonds is 7. The third-order valence-corrected chi connectivity index (χ3v) is 4.97. The van der Waals surface area contributed by atoms with Crippen LogP contribution in [0.2, 0.25) is 0 Å². The second-order valence-electron chi connectivity index (χ2n) is 4.56. The first-order valence-corrected chi connectivity index (χ1v) is 8.46. The lowest BCUT2D eigenvalue weighted by atomic mass is 10.3. The number of alkyl halides is 1. The van der Waals surface area contributed by atoms with Crippen molar-refractivity contribution in [1.82, 2.24) is 19.1 Å². The minimum Gasteiger partial charge on any atom is -0.271 e. The van der Waals surface area contributed by atoms with E-state index in [4.69, 9.17) is 11.6 Å². The van der Waals surface area contributed by atoms with Crippen molar-refractivity contribution in [3.05, 3.63) is 42.5 Å². The number of sulfonamides is 1. The Morgan fingerprint density at radius 3 is 2.86 bits per heavy atom. The number of hydrogen-bond donors (Lipinski definition) is 0. The number of nitrogens with zero attached hydrogens (tertiary/aromatic N) is 4. The maximum atomic E-state index is 12.4. The Balaban J connectivity index is 2.11. The molecular formula is C13H17ClN4O2S. The van der Waals surface area contributed by atoms with Gasteiger partial charge in [0.1, 0.15) is 4.90 Å². The van der Waals surface area contributed by atoms with Gasteiger partial charge in [0.05, 0.1) is 18.4 Å². The van der Waals surface area contributed by atoms with Gasteiger partial charge in [0.15, 0.2) is 0 Å². The van der Waals surface area contributed by atoms with E-state index >= 15 is 0 Å². The zero-order valence-corrected chi connectivity index (χ0v) is 13.3. The fourth-order valence-electron chi connectivity index (χ4n) is 1.81. The number of halogens is 1. The van der Waals surface area contributed by atoms with Crippen LogP contribution in [0, 0.1) is 0 Å². The highest BCUT2D eigenvalue weighted by Gasteiger charge is 2.23. The average Bonchev–Trinajstić information content (AvgIpc) is 2.95. The molecule has 2 rings (SSSR count). The summed E-state index contributed by atoms with van der Waals surface area (Å²) in [4.78, 5) is 4.31. The molecule has 0 bridgehead atoms. The van der Waals surface area contributed by atoms with Crippen molar-refractivity contribution >= 4 is 21.6 Å². The molecule has 0 spiro atoms. The van der Waals surface area contributed by atoms with E-state index in [0.717, 1.165) is 6.42 Å². The van der Waals surface area contributed by atoms with Crippen LogP contribution in [-0.2, 0) is 23.1 Å². The van der Waals surface area contributed by atoms with E-state index in [0.29, 0.717) is 18.1 Å². The summed E-state index contributed by atoms with van der Waals surface area (Å²) in [7, 11) is -2.04. The van der Waals surface area contributed by atoms with Crippen molar-refractivity contribution in [1.29, 1.82) is 0 Å². The van der Waals surface area contributed by atoms with Gasteiger partial charge in [0.25, 0.3) is 0 Å². The van der Waals surface area contributed by atoms with Crippen molar-refractivity contribution in [2.45, 2.75) is 24.4 Å². The Kier molecular flexibility index (Phi) is 5.33. The standard InChI is InChI=1S/C13H17ClN4O2S/c1-17(10-12-5-2-3-7-15-12)21(19,20)13-9-16-18(11-13)8-4-6-14/h2-3,5,7,9,11H,4,6,8,10H2,1H3. The highest BCUT2D eigenvalue weighted by Crippen LogP contribution is 2.15. The molecule has 0 unspecified atom stereocenters. The van der Waals surface area contributed by atoms with E-state index in [1.54, 1.807) is 23.0 Å². The largest absolute Gasteiger partial charge is 0.271 e. The SMILES string of the molecule is CN(Cc1ccccn1)S(=O)(=O)c1cnn(CCCCl)c1. The molecule has 0 radical (unpaired) electrons. The van der Waals surface area contributed by atoms with Gasteiger partial charge in [-0.2, -0.15) is 9.40 Å². The Morgan fingerprint density at radius 2 is 2.19 bits per heavy atom. The number of hydrogen-bond acceptors (Lipinski definition) is 4. The summed E-state index contributed by atoms with van der Waals surface area (Å²) in [5, 5.41) is 4.05. The lowest BCUT2D eigenvalue weighted by Gasteiger charge is -2.15. The molecular weight excluding hydrogens is 312 g/mol. The van der Waals surface area contributed by atoms with Gasteiger partial charge in [-0.3, -0.25) is 9.67 Å². The van der Waals surface area contributed by atoms with Crippen LogP contribution < -0.4 is 0 Å². The van der Waals surface area contributed by atoms with Gasteiger partial charge in [0, 0.05) is 31.9 Å². The van der Waals surface area contributed by atoms with Crippen molar-refractivity contribution in [2.75, 3.05) is 12.9 Å². The molecule has 0 N–H and O–H groups in total. The first kappa shape index (κ1) is 15.9. The fourth-order valence-corrected chi connectivity index (χ4v) is 3.02. The van der Waals surface area contributed by atoms with E-state index in [1.165, 1.54) is 23.7 Å². The lowest BCUT2D eigenvalue weighted by Crippen LogP contribution is -2.26. The van der Waals surface area contributed by atoms with Gasteiger partial charge in [-0.25, -0.2) is 8.42 Å². The third-order valence-electron chi connectivity index (χ3n) is 2.95. The van der Waals surface area contributed by atoms with Gasteiger partial charge < -0.3 is 0 Å². The van der Waals surface area contributed by atoms with E-state index in [1.807, 2.05) is 6.07 Å². The second kappa shape index (κ2) is 7.02. The molecule has 2 heterocycles. The first-order valence-electron chi connectivity index (χ1n) is 6.48. The summed E-state index contributed by atoms with van der Waals surface area (Å²) in [5.41, 5.74) is 0.693. The predicted octanol–water partition coefficient (Wildman–Crippen LogP) is 1.73. The van der Waals surface area contributed by atoms with Crippen molar-refractivity contribution in [3.8, 4) is 0 Å².